The van der Waals surface area contributed by atoms with Crippen molar-refractivity contribution in [3.63, 3.8) is 0 Å². The highest BCUT2D eigenvalue weighted by Crippen LogP contribution is 2.43. The monoisotopic (exact) mass is 440 g/mol. The number of phosphoric acid groups is 1. The van der Waals surface area contributed by atoms with E-state index in [-0.39, 0.29) is 19.6 Å². The summed E-state index contributed by atoms with van der Waals surface area (Å²) in [5.41, 5.74) is 0. The fourth-order valence-electron chi connectivity index (χ4n) is 2.30. The Balaban J connectivity index is 4.26. The maximum atomic E-state index is 11.9. The molecule has 0 saturated carbocycles. The lowest BCUT2D eigenvalue weighted by molar-refractivity contribution is -0.870. The number of carbonyl (C=O) groups is 2. The zero-order valence-electron chi connectivity index (χ0n) is 18.6. The van der Waals surface area contributed by atoms with Crippen molar-refractivity contribution in [2.75, 3.05) is 47.5 Å². The standard InChI is InChI=1S/C19H38NO8P/c1-6-7-8-9-10-11-12-19(22)25-15-18(28-17(2)21)16-27-29(23,24)26-14-13-20(3,4)5/h18H,6-16H2,1-5H3/p+1. The lowest BCUT2D eigenvalue weighted by atomic mass is 10.1. The Morgan fingerprint density at radius 1 is 1.00 bits per heavy atom. The highest BCUT2D eigenvalue weighted by molar-refractivity contribution is 7.47. The van der Waals surface area contributed by atoms with Crippen LogP contribution in [-0.2, 0) is 32.7 Å². The van der Waals surface area contributed by atoms with Gasteiger partial charge in [0.05, 0.1) is 27.7 Å². The molecule has 0 radical (unpaired) electrons. The number of nitrogens with zero attached hydrogens (tertiary/aromatic N) is 1. The van der Waals surface area contributed by atoms with E-state index in [2.05, 4.69) is 6.92 Å². The fraction of sp³-hybridized carbons (Fsp3) is 0.895. The van der Waals surface area contributed by atoms with Crippen molar-refractivity contribution in [2.24, 2.45) is 0 Å². The maximum Gasteiger partial charge on any atom is 0.472 e. The summed E-state index contributed by atoms with van der Waals surface area (Å²) >= 11 is 0. The van der Waals surface area contributed by atoms with Gasteiger partial charge in [0, 0.05) is 13.3 Å². The molecule has 0 aliphatic carbocycles. The number of hydrogen-bond donors (Lipinski definition) is 1. The highest BCUT2D eigenvalue weighted by Gasteiger charge is 2.26. The third-order valence-corrected chi connectivity index (χ3v) is 4.92. The molecule has 0 bridgehead atoms. The number of rotatable bonds is 17. The second-order valence-corrected chi connectivity index (χ2v) is 9.50. The van der Waals surface area contributed by atoms with E-state index in [1.165, 1.54) is 19.8 Å². The van der Waals surface area contributed by atoms with Gasteiger partial charge in [-0.25, -0.2) is 4.57 Å². The van der Waals surface area contributed by atoms with E-state index in [4.69, 9.17) is 18.5 Å². The minimum Gasteiger partial charge on any atom is -0.462 e. The van der Waals surface area contributed by atoms with Gasteiger partial charge in [0.2, 0.25) is 0 Å². The minimum absolute atomic E-state index is 0.0305. The largest absolute Gasteiger partial charge is 0.472 e. The quantitative estimate of drug-likeness (QED) is 0.159. The summed E-state index contributed by atoms with van der Waals surface area (Å²) in [5.74, 6) is -1.01. The molecule has 0 saturated heterocycles. The van der Waals surface area contributed by atoms with Gasteiger partial charge in [0.1, 0.15) is 19.8 Å². The molecule has 0 amide bonds. The summed E-state index contributed by atoms with van der Waals surface area (Å²) in [5, 5.41) is 0. The Morgan fingerprint density at radius 3 is 2.21 bits per heavy atom. The molecule has 0 fully saturated rings. The van der Waals surface area contributed by atoms with Crippen LogP contribution in [0.4, 0.5) is 0 Å². The Morgan fingerprint density at radius 2 is 1.62 bits per heavy atom. The molecule has 0 aromatic heterocycles. The van der Waals surface area contributed by atoms with Crippen LogP contribution in [0.3, 0.4) is 0 Å². The molecule has 0 rings (SSSR count). The second-order valence-electron chi connectivity index (χ2n) is 8.04. The van der Waals surface area contributed by atoms with Gasteiger partial charge in [0.25, 0.3) is 0 Å². The molecule has 29 heavy (non-hydrogen) atoms. The number of phosphoric ester groups is 1. The number of ether oxygens (including phenoxy) is 2. The SMILES string of the molecule is CCCCCCCCC(=O)OCC(COP(=O)(O)OCC[N+](C)(C)C)OC(C)=O. The first-order chi connectivity index (χ1) is 13.4. The third kappa shape index (κ3) is 18.8. The first-order valence-corrected chi connectivity index (χ1v) is 11.7. The van der Waals surface area contributed by atoms with Gasteiger partial charge in [-0.1, -0.05) is 39.0 Å². The summed E-state index contributed by atoms with van der Waals surface area (Å²) in [4.78, 5) is 32.8. The van der Waals surface area contributed by atoms with Crippen molar-refractivity contribution in [2.45, 2.75) is 64.9 Å². The molecular formula is C19H39NO8P+. The van der Waals surface area contributed by atoms with Gasteiger partial charge in [-0.15, -0.1) is 0 Å². The van der Waals surface area contributed by atoms with E-state index in [1.807, 2.05) is 21.1 Å². The van der Waals surface area contributed by atoms with Gasteiger partial charge >= 0.3 is 19.8 Å². The van der Waals surface area contributed by atoms with Crippen LogP contribution in [-0.4, -0.2) is 74.9 Å². The maximum absolute atomic E-state index is 11.9. The van der Waals surface area contributed by atoms with E-state index in [0.717, 1.165) is 25.7 Å². The molecule has 2 unspecified atom stereocenters. The summed E-state index contributed by atoms with van der Waals surface area (Å²) in [6.45, 7) is 3.23. The Bertz CT molecular complexity index is 521. The van der Waals surface area contributed by atoms with Crippen molar-refractivity contribution >= 4 is 19.8 Å². The highest BCUT2D eigenvalue weighted by atomic mass is 31.2. The van der Waals surface area contributed by atoms with E-state index >= 15 is 0 Å². The Labute approximate surface area is 174 Å². The predicted molar refractivity (Wildman–Crippen MR) is 109 cm³/mol. The molecule has 10 heteroatoms. The van der Waals surface area contributed by atoms with E-state index in [1.54, 1.807) is 0 Å². The minimum atomic E-state index is -4.30. The number of hydrogen-bond acceptors (Lipinski definition) is 7. The van der Waals surface area contributed by atoms with Crippen LogP contribution in [0.1, 0.15) is 58.8 Å². The van der Waals surface area contributed by atoms with Crippen molar-refractivity contribution in [3.05, 3.63) is 0 Å². The van der Waals surface area contributed by atoms with E-state index in [0.29, 0.717) is 11.0 Å². The van der Waals surface area contributed by atoms with Gasteiger partial charge in [-0.3, -0.25) is 18.6 Å². The predicted octanol–water partition coefficient (Wildman–Crippen LogP) is 3.05. The van der Waals surface area contributed by atoms with Crippen molar-refractivity contribution < 1.29 is 42.1 Å². The van der Waals surface area contributed by atoms with Crippen LogP contribution in [0.15, 0.2) is 0 Å². The van der Waals surface area contributed by atoms with E-state index < -0.39 is 32.5 Å². The smallest absolute Gasteiger partial charge is 0.462 e. The number of likely N-dealkylation sites (N-methyl/N-ethyl adjacent to an activating group) is 1. The molecular weight excluding hydrogens is 401 g/mol. The average Bonchev–Trinajstić information content (AvgIpc) is 2.58. The van der Waals surface area contributed by atoms with Crippen LogP contribution < -0.4 is 0 Å². The summed E-state index contributed by atoms with van der Waals surface area (Å²) in [6.07, 6.45) is 5.62. The van der Waals surface area contributed by atoms with Gasteiger partial charge < -0.3 is 18.9 Å². The zero-order chi connectivity index (χ0) is 22.3. The van der Waals surface area contributed by atoms with Crippen LogP contribution in [0.5, 0.6) is 0 Å². The number of unbranched alkanes of at least 4 members (excludes halogenated alkanes) is 5. The van der Waals surface area contributed by atoms with Gasteiger partial charge in [-0.2, -0.15) is 0 Å². The number of esters is 2. The fourth-order valence-corrected chi connectivity index (χ4v) is 3.04. The second kappa shape index (κ2) is 14.9. The van der Waals surface area contributed by atoms with E-state index in [9.17, 15) is 19.0 Å². The zero-order valence-corrected chi connectivity index (χ0v) is 19.4. The van der Waals surface area contributed by atoms with Crippen molar-refractivity contribution in [1.29, 1.82) is 0 Å². The summed E-state index contributed by atoms with van der Waals surface area (Å²) < 4.78 is 32.4. The average molecular weight is 440 g/mol. The van der Waals surface area contributed by atoms with Gasteiger partial charge in [-0.05, 0) is 6.42 Å². The van der Waals surface area contributed by atoms with Gasteiger partial charge in [0.15, 0.2) is 6.10 Å². The molecule has 0 spiro atoms. The normalized spacial score (nSPS) is 14.8. The molecule has 1 N–H and O–H groups in total. The first kappa shape index (κ1) is 28.0. The Kier molecular flexibility index (Phi) is 14.4. The van der Waals surface area contributed by atoms with Crippen LogP contribution >= 0.6 is 7.82 Å². The molecule has 0 aliphatic heterocycles. The van der Waals surface area contributed by atoms with Crippen molar-refractivity contribution in [3.8, 4) is 0 Å². The molecule has 172 valence electrons. The molecule has 0 aromatic carbocycles. The van der Waals surface area contributed by atoms with Crippen LogP contribution in [0.25, 0.3) is 0 Å². The molecule has 2 atom stereocenters. The molecule has 9 nitrogen and oxygen atoms in total. The van der Waals surface area contributed by atoms with Crippen LogP contribution in [0.2, 0.25) is 0 Å². The molecule has 0 aromatic rings. The molecule has 0 aliphatic rings. The van der Waals surface area contributed by atoms with Crippen LogP contribution in [0, 0.1) is 0 Å². The number of quaternary nitrogens is 1. The first-order valence-electron chi connectivity index (χ1n) is 10.2. The Hall–Kier alpha value is -0.990. The lowest BCUT2D eigenvalue weighted by Gasteiger charge is -2.24. The number of carbonyl (C=O) groups excluding carboxylic acids is 2. The van der Waals surface area contributed by atoms with Crippen molar-refractivity contribution in [1.82, 2.24) is 0 Å². The summed E-state index contributed by atoms with van der Waals surface area (Å²) in [7, 11) is 1.46. The molecule has 0 heterocycles. The lowest BCUT2D eigenvalue weighted by Crippen LogP contribution is -2.37. The topological polar surface area (TPSA) is 108 Å². The third-order valence-electron chi connectivity index (χ3n) is 3.94. The summed E-state index contributed by atoms with van der Waals surface area (Å²) in [6, 6.07) is 0.